The SMILES string of the molecule is C=CCN(Cc1cccs1)C(=O)CSc1ccc(S(=O)(=O)N2CCCCC2)cn1. The number of thiophene rings is 1. The minimum Gasteiger partial charge on any atom is -0.333 e. The summed E-state index contributed by atoms with van der Waals surface area (Å²) in [6.45, 7) is 5.91. The molecule has 0 bridgehead atoms. The van der Waals surface area contributed by atoms with Crippen LogP contribution in [-0.2, 0) is 21.4 Å². The van der Waals surface area contributed by atoms with E-state index in [4.69, 9.17) is 0 Å². The van der Waals surface area contributed by atoms with Gasteiger partial charge >= 0.3 is 0 Å². The third kappa shape index (κ3) is 5.91. The number of piperidine rings is 1. The van der Waals surface area contributed by atoms with Gasteiger partial charge in [-0.1, -0.05) is 30.3 Å². The molecule has 0 spiro atoms. The van der Waals surface area contributed by atoms with Crippen molar-refractivity contribution in [2.45, 2.75) is 35.7 Å². The van der Waals surface area contributed by atoms with E-state index in [0.717, 1.165) is 24.1 Å². The van der Waals surface area contributed by atoms with E-state index in [-0.39, 0.29) is 16.6 Å². The van der Waals surface area contributed by atoms with E-state index in [1.165, 1.54) is 22.3 Å². The molecule has 0 saturated carbocycles. The number of pyridine rings is 1. The summed E-state index contributed by atoms with van der Waals surface area (Å²) in [6, 6.07) is 7.22. The van der Waals surface area contributed by atoms with Crippen LogP contribution in [0.15, 0.2) is 58.4 Å². The Balaban J connectivity index is 1.58. The van der Waals surface area contributed by atoms with Gasteiger partial charge in [0.15, 0.2) is 0 Å². The first-order valence-corrected chi connectivity index (χ1v) is 12.8. The summed E-state index contributed by atoms with van der Waals surface area (Å²) in [7, 11) is -3.48. The molecule has 1 aliphatic heterocycles. The van der Waals surface area contributed by atoms with Crippen molar-refractivity contribution in [1.29, 1.82) is 0 Å². The largest absolute Gasteiger partial charge is 0.333 e. The normalized spacial score (nSPS) is 15.2. The summed E-state index contributed by atoms with van der Waals surface area (Å²) in [4.78, 5) is 19.9. The van der Waals surface area contributed by atoms with Gasteiger partial charge in [0.2, 0.25) is 15.9 Å². The summed E-state index contributed by atoms with van der Waals surface area (Å²) in [5.74, 6) is 0.236. The first-order valence-electron chi connectivity index (χ1n) is 9.51. The van der Waals surface area contributed by atoms with Crippen molar-refractivity contribution in [3.05, 3.63) is 53.4 Å². The van der Waals surface area contributed by atoms with Crippen molar-refractivity contribution in [3.8, 4) is 0 Å². The van der Waals surface area contributed by atoms with Crippen LogP contribution in [0.2, 0.25) is 0 Å². The van der Waals surface area contributed by atoms with E-state index >= 15 is 0 Å². The van der Waals surface area contributed by atoms with Crippen molar-refractivity contribution in [2.75, 3.05) is 25.4 Å². The highest BCUT2D eigenvalue weighted by Crippen LogP contribution is 2.23. The number of nitrogens with zero attached hydrogens (tertiary/aromatic N) is 3. The molecule has 0 aromatic carbocycles. The number of thioether (sulfide) groups is 1. The Bertz CT molecular complexity index is 906. The Morgan fingerprint density at radius 3 is 2.69 bits per heavy atom. The van der Waals surface area contributed by atoms with Gasteiger partial charge in [0.25, 0.3) is 0 Å². The summed E-state index contributed by atoms with van der Waals surface area (Å²) in [6.07, 6.45) is 5.98. The minimum atomic E-state index is -3.48. The van der Waals surface area contributed by atoms with Crippen LogP contribution in [0.3, 0.4) is 0 Å². The van der Waals surface area contributed by atoms with Gasteiger partial charge in [-0.2, -0.15) is 4.31 Å². The van der Waals surface area contributed by atoms with Crippen LogP contribution in [0, 0.1) is 0 Å². The second-order valence-corrected chi connectivity index (χ2v) is 10.7. The Hall–Kier alpha value is -1.68. The molecule has 29 heavy (non-hydrogen) atoms. The molecule has 0 aliphatic carbocycles. The van der Waals surface area contributed by atoms with Gasteiger partial charge in [-0.25, -0.2) is 13.4 Å². The lowest BCUT2D eigenvalue weighted by Crippen LogP contribution is -2.35. The Morgan fingerprint density at radius 1 is 1.28 bits per heavy atom. The molecule has 0 N–H and O–H groups in total. The zero-order chi connectivity index (χ0) is 20.7. The van der Waals surface area contributed by atoms with Crippen molar-refractivity contribution in [3.63, 3.8) is 0 Å². The molecule has 0 atom stereocenters. The highest BCUT2D eigenvalue weighted by molar-refractivity contribution is 7.99. The summed E-state index contributed by atoms with van der Waals surface area (Å²) in [5, 5.41) is 2.62. The second kappa shape index (κ2) is 10.4. The third-order valence-corrected chi connectivity index (χ3v) is 8.31. The van der Waals surface area contributed by atoms with Crippen LogP contribution in [0.4, 0.5) is 0 Å². The average Bonchev–Trinajstić information content (AvgIpc) is 3.26. The number of amides is 1. The first kappa shape index (κ1) is 22.0. The molecule has 2 aromatic heterocycles. The van der Waals surface area contributed by atoms with Gasteiger partial charge in [0, 0.05) is 30.7 Å². The standard InChI is InChI=1S/C20H25N3O3S3/c1-2-10-22(15-17-7-6-13-27-17)20(24)16-28-19-9-8-18(14-21-19)29(25,26)23-11-4-3-5-12-23/h2,6-9,13-14H,1,3-5,10-12,15-16H2. The maximum absolute atomic E-state index is 12.7. The Labute approximate surface area is 180 Å². The molecule has 9 heteroatoms. The van der Waals surface area contributed by atoms with Gasteiger partial charge in [-0.15, -0.1) is 17.9 Å². The van der Waals surface area contributed by atoms with E-state index in [2.05, 4.69) is 11.6 Å². The molecule has 3 heterocycles. The van der Waals surface area contributed by atoms with Gasteiger partial charge in [0.1, 0.15) is 4.90 Å². The lowest BCUT2D eigenvalue weighted by molar-refractivity contribution is -0.128. The fourth-order valence-corrected chi connectivity index (χ4v) is 6.01. The first-order chi connectivity index (χ1) is 14.0. The van der Waals surface area contributed by atoms with Crippen LogP contribution in [0.1, 0.15) is 24.1 Å². The van der Waals surface area contributed by atoms with Crippen molar-refractivity contribution in [1.82, 2.24) is 14.2 Å². The highest BCUT2D eigenvalue weighted by Gasteiger charge is 2.26. The van der Waals surface area contributed by atoms with Crippen molar-refractivity contribution >= 4 is 39.0 Å². The van der Waals surface area contributed by atoms with Gasteiger partial charge < -0.3 is 4.90 Å². The van der Waals surface area contributed by atoms with Crippen LogP contribution in [0.25, 0.3) is 0 Å². The number of carbonyl (C=O) groups excluding carboxylic acids is 1. The number of hydrogen-bond acceptors (Lipinski definition) is 6. The number of aromatic nitrogens is 1. The summed E-state index contributed by atoms with van der Waals surface area (Å²) in [5.41, 5.74) is 0. The molecular weight excluding hydrogens is 426 g/mol. The molecule has 3 rings (SSSR count). The highest BCUT2D eigenvalue weighted by atomic mass is 32.2. The summed E-state index contributed by atoms with van der Waals surface area (Å²) < 4.78 is 26.9. The fraction of sp³-hybridized carbons (Fsp3) is 0.400. The van der Waals surface area contributed by atoms with Crippen LogP contribution in [-0.4, -0.2) is 53.9 Å². The lowest BCUT2D eigenvalue weighted by Gasteiger charge is -2.25. The smallest absolute Gasteiger partial charge is 0.244 e. The number of hydrogen-bond donors (Lipinski definition) is 0. The van der Waals surface area contributed by atoms with Crippen molar-refractivity contribution < 1.29 is 13.2 Å². The monoisotopic (exact) mass is 451 g/mol. The predicted octanol–water partition coefficient (Wildman–Crippen LogP) is 3.62. The van der Waals surface area contributed by atoms with E-state index in [9.17, 15) is 13.2 Å². The van der Waals surface area contributed by atoms with E-state index in [0.29, 0.717) is 31.2 Å². The third-order valence-electron chi connectivity index (χ3n) is 4.63. The van der Waals surface area contributed by atoms with E-state index in [1.807, 2.05) is 17.5 Å². The number of sulfonamides is 1. The van der Waals surface area contributed by atoms with E-state index < -0.39 is 10.0 Å². The lowest BCUT2D eigenvalue weighted by atomic mass is 10.2. The molecule has 1 amide bonds. The maximum Gasteiger partial charge on any atom is 0.244 e. The van der Waals surface area contributed by atoms with Gasteiger partial charge in [-0.3, -0.25) is 4.79 Å². The quantitative estimate of drug-likeness (QED) is 0.430. The van der Waals surface area contributed by atoms with Crippen LogP contribution >= 0.6 is 23.1 Å². The van der Waals surface area contributed by atoms with Gasteiger partial charge in [0.05, 0.1) is 17.3 Å². The van der Waals surface area contributed by atoms with Gasteiger partial charge in [-0.05, 0) is 36.4 Å². The molecule has 0 unspecified atom stereocenters. The number of carbonyl (C=O) groups is 1. The van der Waals surface area contributed by atoms with Crippen LogP contribution < -0.4 is 0 Å². The zero-order valence-electron chi connectivity index (χ0n) is 16.2. The molecular formula is C20H25N3O3S3. The Kier molecular flexibility index (Phi) is 7.88. The second-order valence-electron chi connectivity index (χ2n) is 6.73. The molecule has 1 aliphatic rings. The van der Waals surface area contributed by atoms with E-state index in [1.54, 1.807) is 34.4 Å². The fourth-order valence-electron chi connectivity index (χ4n) is 3.09. The molecule has 156 valence electrons. The molecule has 0 radical (unpaired) electrons. The zero-order valence-corrected chi connectivity index (χ0v) is 18.6. The molecule has 2 aromatic rings. The van der Waals surface area contributed by atoms with Crippen LogP contribution in [0.5, 0.6) is 0 Å². The number of rotatable bonds is 9. The minimum absolute atomic E-state index is 0.00452. The molecule has 6 nitrogen and oxygen atoms in total. The molecule has 1 fully saturated rings. The Morgan fingerprint density at radius 2 is 2.07 bits per heavy atom. The average molecular weight is 452 g/mol. The van der Waals surface area contributed by atoms with Crippen molar-refractivity contribution in [2.24, 2.45) is 0 Å². The molecule has 1 saturated heterocycles. The topological polar surface area (TPSA) is 70.6 Å². The maximum atomic E-state index is 12.7. The summed E-state index contributed by atoms with van der Waals surface area (Å²) >= 11 is 2.92. The predicted molar refractivity (Wildman–Crippen MR) is 118 cm³/mol.